The van der Waals surface area contributed by atoms with E-state index in [0.717, 1.165) is 62.6 Å². The number of hydrogen-bond donors (Lipinski definition) is 1. The molecule has 2 saturated heterocycles. The third-order valence-electron chi connectivity index (χ3n) is 5.68. The first kappa shape index (κ1) is 21.9. The molecule has 0 bridgehead atoms. The molecule has 2 aliphatic rings. The second-order valence-corrected chi connectivity index (χ2v) is 9.29. The van der Waals surface area contributed by atoms with E-state index in [1.165, 1.54) is 24.8 Å². The molecule has 158 valence electrons. The molecule has 0 saturated carbocycles. The fraction of sp³-hybridized carbons (Fsp3) is 0.727. The van der Waals surface area contributed by atoms with Crippen molar-refractivity contribution in [3.05, 3.63) is 29.8 Å². The van der Waals surface area contributed by atoms with Crippen molar-refractivity contribution in [3.8, 4) is 5.75 Å². The van der Waals surface area contributed by atoms with Crippen LogP contribution >= 0.6 is 11.8 Å². The van der Waals surface area contributed by atoms with E-state index in [2.05, 4.69) is 29.0 Å². The van der Waals surface area contributed by atoms with Crippen LogP contribution in [-0.2, 0) is 11.3 Å². The van der Waals surface area contributed by atoms with Crippen molar-refractivity contribution in [2.75, 3.05) is 64.6 Å². The summed E-state index contributed by atoms with van der Waals surface area (Å²) in [6.07, 6.45) is 3.18. The topological polar surface area (TPSA) is 45.2 Å². The zero-order valence-corrected chi connectivity index (χ0v) is 18.0. The molecule has 5 nitrogen and oxygen atoms in total. The van der Waals surface area contributed by atoms with Crippen molar-refractivity contribution in [1.29, 1.82) is 0 Å². The molecule has 0 radical (unpaired) electrons. The third-order valence-corrected chi connectivity index (χ3v) is 6.62. The number of β-amino-alcohol motifs (C(OH)–C–C–N with tert-alkyl or cyclic N) is 1. The van der Waals surface area contributed by atoms with Crippen LogP contribution in [0.4, 0.5) is 0 Å². The normalized spacial score (nSPS) is 20.4. The van der Waals surface area contributed by atoms with Gasteiger partial charge in [0.15, 0.2) is 0 Å². The Morgan fingerprint density at radius 2 is 2.00 bits per heavy atom. The summed E-state index contributed by atoms with van der Waals surface area (Å²) in [5.41, 5.74) is 1.19. The number of rotatable bonds is 10. The van der Waals surface area contributed by atoms with Gasteiger partial charge in [0, 0.05) is 56.5 Å². The Bertz CT molecular complexity index is 562. The summed E-state index contributed by atoms with van der Waals surface area (Å²) in [5, 5.41) is 10.4. The first-order valence-corrected chi connectivity index (χ1v) is 11.8. The average molecular weight is 409 g/mol. The zero-order valence-electron chi connectivity index (χ0n) is 17.2. The molecule has 1 N–H and O–H groups in total. The lowest BCUT2D eigenvalue weighted by molar-refractivity contribution is 0.0606. The van der Waals surface area contributed by atoms with Crippen LogP contribution in [0.15, 0.2) is 24.3 Å². The van der Waals surface area contributed by atoms with Crippen molar-refractivity contribution >= 4 is 11.8 Å². The molecule has 0 aliphatic carbocycles. The Balaban J connectivity index is 1.42. The number of nitrogens with zero attached hydrogens (tertiary/aromatic N) is 2. The van der Waals surface area contributed by atoms with E-state index in [0.29, 0.717) is 13.2 Å². The van der Waals surface area contributed by atoms with E-state index in [1.807, 2.05) is 23.9 Å². The van der Waals surface area contributed by atoms with Crippen molar-refractivity contribution in [3.63, 3.8) is 0 Å². The Kier molecular flexibility index (Phi) is 9.41. The largest absolute Gasteiger partial charge is 0.491 e. The van der Waals surface area contributed by atoms with Crippen molar-refractivity contribution in [2.45, 2.75) is 31.9 Å². The molecule has 6 heteroatoms. The quantitative estimate of drug-likeness (QED) is 0.642. The maximum Gasteiger partial charge on any atom is 0.123 e. The molecule has 3 rings (SSSR count). The summed E-state index contributed by atoms with van der Waals surface area (Å²) < 4.78 is 11.5. The van der Waals surface area contributed by atoms with Gasteiger partial charge in [-0.2, -0.15) is 11.8 Å². The fourth-order valence-electron chi connectivity index (χ4n) is 3.90. The molecule has 1 aromatic rings. The lowest BCUT2D eigenvalue weighted by atomic mass is 9.96. The van der Waals surface area contributed by atoms with E-state index in [-0.39, 0.29) is 0 Å². The molecule has 1 aromatic carbocycles. The number of aliphatic hydroxyl groups is 1. The van der Waals surface area contributed by atoms with Crippen LogP contribution in [0, 0.1) is 5.92 Å². The molecular formula is C22H36N2O3S. The first-order valence-electron chi connectivity index (χ1n) is 10.7. The maximum absolute atomic E-state index is 10.4. The van der Waals surface area contributed by atoms with Crippen LogP contribution < -0.4 is 4.74 Å². The molecule has 2 heterocycles. The summed E-state index contributed by atoms with van der Waals surface area (Å²) >= 11 is 1.99. The molecule has 0 spiro atoms. The number of aliphatic hydroxyl groups excluding tert-OH is 1. The minimum Gasteiger partial charge on any atom is -0.491 e. The Labute approximate surface area is 174 Å². The van der Waals surface area contributed by atoms with Gasteiger partial charge in [-0.05, 0) is 44.8 Å². The fourth-order valence-corrected chi connectivity index (χ4v) is 4.88. The first-order chi connectivity index (χ1) is 13.7. The van der Waals surface area contributed by atoms with Crippen molar-refractivity contribution in [1.82, 2.24) is 9.80 Å². The molecule has 0 aromatic heterocycles. The predicted molar refractivity (Wildman–Crippen MR) is 116 cm³/mol. The Morgan fingerprint density at radius 1 is 1.25 bits per heavy atom. The van der Waals surface area contributed by atoms with Gasteiger partial charge >= 0.3 is 0 Å². The van der Waals surface area contributed by atoms with Crippen LogP contribution in [-0.4, -0.2) is 85.6 Å². The van der Waals surface area contributed by atoms with Gasteiger partial charge in [0.25, 0.3) is 0 Å². The molecule has 0 amide bonds. The highest BCUT2D eigenvalue weighted by molar-refractivity contribution is 7.99. The summed E-state index contributed by atoms with van der Waals surface area (Å²) in [5.74, 6) is 4.02. The zero-order chi connectivity index (χ0) is 19.6. The molecule has 28 heavy (non-hydrogen) atoms. The molecule has 1 atom stereocenters. The predicted octanol–water partition coefficient (Wildman–Crippen LogP) is 2.72. The van der Waals surface area contributed by atoms with Gasteiger partial charge in [0.05, 0.1) is 0 Å². The summed E-state index contributed by atoms with van der Waals surface area (Å²) in [7, 11) is 2.18. The van der Waals surface area contributed by atoms with Gasteiger partial charge in [0.1, 0.15) is 18.5 Å². The van der Waals surface area contributed by atoms with Crippen molar-refractivity contribution < 1.29 is 14.6 Å². The van der Waals surface area contributed by atoms with E-state index in [1.54, 1.807) is 0 Å². The Morgan fingerprint density at radius 3 is 2.79 bits per heavy atom. The summed E-state index contributed by atoms with van der Waals surface area (Å²) in [6, 6.07) is 8.23. The highest BCUT2D eigenvalue weighted by Gasteiger charge is 2.17. The SMILES string of the molecule is CN(CCC1CCOCC1)Cc1ccccc1OCC(O)CN1CCSCC1. The minimum absolute atomic E-state index is 0.354. The van der Waals surface area contributed by atoms with Crippen LogP contribution in [0.1, 0.15) is 24.8 Å². The minimum atomic E-state index is -0.442. The smallest absolute Gasteiger partial charge is 0.123 e. The van der Waals surface area contributed by atoms with Gasteiger partial charge in [-0.25, -0.2) is 0 Å². The number of para-hydroxylation sites is 1. The highest BCUT2D eigenvalue weighted by atomic mass is 32.2. The van der Waals surface area contributed by atoms with E-state index >= 15 is 0 Å². The molecular weight excluding hydrogens is 372 g/mol. The van der Waals surface area contributed by atoms with Crippen LogP contribution in [0.3, 0.4) is 0 Å². The lowest BCUT2D eigenvalue weighted by Gasteiger charge is -2.28. The second kappa shape index (κ2) is 12.0. The number of benzene rings is 1. The van der Waals surface area contributed by atoms with Crippen LogP contribution in [0.25, 0.3) is 0 Å². The monoisotopic (exact) mass is 408 g/mol. The summed E-state index contributed by atoms with van der Waals surface area (Å²) in [4.78, 5) is 4.71. The molecule has 2 fully saturated rings. The number of thioether (sulfide) groups is 1. The summed E-state index contributed by atoms with van der Waals surface area (Å²) in [6.45, 7) is 6.99. The van der Waals surface area contributed by atoms with E-state index in [9.17, 15) is 5.11 Å². The maximum atomic E-state index is 10.4. The molecule has 2 aliphatic heterocycles. The van der Waals surface area contributed by atoms with Crippen molar-refractivity contribution in [2.24, 2.45) is 5.92 Å². The van der Waals surface area contributed by atoms with Crippen LogP contribution in [0.2, 0.25) is 0 Å². The third kappa shape index (κ3) is 7.56. The van der Waals surface area contributed by atoms with Gasteiger partial charge in [-0.1, -0.05) is 18.2 Å². The van der Waals surface area contributed by atoms with Crippen LogP contribution in [0.5, 0.6) is 5.75 Å². The standard InChI is InChI=1S/C22H36N2O3S/c1-23(9-6-19-7-12-26-13-8-19)16-20-4-2-3-5-22(20)27-18-21(25)17-24-10-14-28-15-11-24/h2-5,19,21,25H,6-18H2,1H3. The van der Waals surface area contributed by atoms with Gasteiger partial charge < -0.3 is 19.5 Å². The van der Waals surface area contributed by atoms with Gasteiger partial charge in [-0.3, -0.25) is 4.90 Å². The highest BCUT2D eigenvalue weighted by Crippen LogP contribution is 2.22. The molecule has 1 unspecified atom stereocenters. The van der Waals surface area contributed by atoms with Gasteiger partial charge in [-0.15, -0.1) is 0 Å². The number of hydrogen-bond acceptors (Lipinski definition) is 6. The Hall–Kier alpha value is -0.790. The lowest BCUT2D eigenvalue weighted by Crippen LogP contribution is -2.40. The number of ether oxygens (including phenoxy) is 2. The van der Waals surface area contributed by atoms with Gasteiger partial charge in [0.2, 0.25) is 0 Å². The van der Waals surface area contributed by atoms with E-state index < -0.39 is 6.10 Å². The average Bonchev–Trinajstić information content (AvgIpc) is 2.73. The van der Waals surface area contributed by atoms with E-state index in [4.69, 9.17) is 9.47 Å². The second-order valence-electron chi connectivity index (χ2n) is 8.07.